The molecule has 1 fully saturated rings. The van der Waals surface area contributed by atoms with Gasteiger partial charge in [-0.2, -0.15) is 0 Å². The molecule has 0 bridgehead atoms. The molecule has 2 aromatic rings. The number of rotatable bonds is 4. The van der Waals surface area contributed by atoms with E-state index in [-0.39, 0.29) is 5.82 Å². The van der Waals surface area contributed by atoms with Crippen LogP contribution in [-0.4, -0.2) is 60.8 Å². The van der Waals surface area contributed by atoms with Crippen molar-refractivity contribution in [3.05, 3.63) is 25.3 Å². The van der Waals surface area contributed by atoms with Crippen molar-refractivity contribution in [3.8, 4) is 0 Å². The Bertz CT molecular complexity index is 735. The number of nitrogens with zero attached hydrogens (tertiary/aromatic N) is 4. The van der Waals surface area contributed by atoms with Crippen molar-refractivity contribution in [3.63, 3.8) is 0 Å². The van der Waals surface area contributed by atoms with Gasteiger partial charge in [0.15, 0.2) is 23.3 Å². The van der Waals surface area contributed by atoms with Crippen LogP contribution < -0.4 is 5.73 Å². The van der Waals surface area contributed by atoms with Crippen LogP contribution in [0.1, 0.15) is 13.2 Å². The van der Waals surface area contributed by atoms with Crippen molar-refractivity contribution >= 4 is 17.0 Å². The van der Waals surface area contributed by atoms with Gasteiger partial charge < -0.3 is 25.4 Å². The zero-order valence-corrected chi connectivity index (χ0v) is 12.8. The van der Waals surface area contributed by atoms with Gasteiger partial charge in [0, 0.05) is 7.11 Å². The molecule has 1 saturated heterocycles. The summed E-state index contributed by atoms with van der Waals surface area (Å²) in [5, 5.41) is 21.4. The van der Waals surface area contributed by atoms with Crippen LogP contribution in [0.15, 0.2) is 25.3 Å². The van der Waals surface area contributed by atoms with E-state index >= 15 is 0 Å². The fraction of sp³-hybridized carbons (Fsp3) is 0.500. The first kappa shape index (κ1) is 15.8. The number of methoxy groups -OCH3 is 1. The van der Waals surface area contributed by atoms with E-state index in [1.54, 1.807) is 6.92 Å². The lowest BCUT2D eigenvalue weighted by Crippen LogP contribution is -2.46. The summed E-state index contributed by atoms with van der Waals surface area (Å²) in [6.45, 7) is 5.36. The van der Waals surface area contributed by atoms with Crippen LogP contribution in [-0.2, 0) is 9.47 Å². The molecule has 5 atom stereocenters. The van der Waals surface area contributed by atoms with Gasteiger partial charge in [0.25, 0.3) is 0 Å². The molecule has 1 unspecified atom stereocenters. The summed E-state index contributed by atoms with van der Waals surface area (Å²) >= 11 is 0. The summed E-state index contributed by atoms with van der Waals surface area (Å²) in [6, 6.07) is 0. The average molecular weight is 321 g/mol. The first-order valence-electron chi connectivity index (χ1n) is 7.09. The normalized spacial score (nSPS) is 32.3. The summed E-state index contributed by atoms with van der Waals surface area (Å²) in [6.07, 6.45) is 0.598. The van der Waals surface area contributed by atoms with E-state index in [1.165, 1.54) is 30.4 Å². The molecule has 9 nitrogen and oxygen atoms in total. The number of hydrogen-bond acceptors (Lipinski definition) is 8. The number of aromatic nitrogens is 4. The molecule has 23 heavy (non-hydrogen) atoms. The Morgan fingerprint density at radius 1 is 1.52 bits per heavy atom. The topological polar surface area (TPSA) is 129 Å². The van der Waals surface area contributed by atoms with Crippen molar-refractivity contribution < 1.29 is 19.7 Å². The van der Waals surface area contributed by atoms with Crippen molar-refractivity contribution in [1.29, 1.82) is 0 Å². The first-order chi connectivity index (χ1) is 10.9. The summed E-state index contributed by atoms with van der Waals surface area (Å²) < 4.78 is 12.6. The second-order valence-electron chi connectivity index (χ2n) is 5.51. The second kappa shape index (κ2) is 5.53. The van der Waals surface area contributed by atoms with Crippen molar-refractivity contribution in [2.45, 2.75) is 37.1 Å². The van der Waals surface area contributed by atoms with Crippen LogP contribution >= 0.6 is 0 Å². The number of aliphatic hydroxyl groups is 2. The molecule has 0 aromatic carbocycles. The van der Waals surface area contributed by atoms with E-state index in [4.69, 9.17) is 15.2 Å². The highest BCUT2D eigenvalue weighted by Crippen LogP contribution is 2.42. The number of nitrogens with two attached hydrogens (primary N) is 1. The van der Waals surface area contributed by atoms with Crippen LogP contribution in [0.2, 0.25) is 0 Å². The molecule has 0 spiro atoms. The lowest BCUT2D eigenvalue weighted by molar-refractivity contribution is -0.0944. The Hall–Kier alpha value is -2.07. The molecule has 2 aromatic heterocycles. The summed E-state index contributed by atoms with van der Waals surface area (Å²) in [7, 11) is 1.50. The van der Waals surface area contributed by atoms with Gasteiger partial charge in [0.05, 0.1) is 12.4 Å². The number of anilines is 1. The monoisotopic (exact) mass is 321 g/mol. The molecule has 1 aliphatic heterocycles. The maximum absolute atomic E-state index is 10.9. The zero-order chi connectivity index (χ0) is 16.8. The first-order valence-corrected chi connectivity index (χ1v) is 7.09. The van der Waals surface area contributed by atoms with E-state index in [2.05, 4.69) is 21.5 Å². The van der Waals surface area contributed by atoms with Gasteiger partial charge in [-0.05, 0) is 6.92 Å². The standard InChI is InChI=1S/C14H19N5O4/c1-4-14(21)10(20)9(7(2)22-3)23-13(14)19-6-18-8-11(15)16-5-17-12(8)19/h4-7,9-10,13,20-21H,1H2,2-3H3,(H2,15,16,17)/t7?,9-,10-,13-,14-/m1/s1. The van der Waals surface area contributed by atoms with Gasteiger partial charge in [0.1, 0.15) is 24.1 Å². The highest BCUT2D eigenvalue weighted by atomic mass is 16.6. The largest absolute Gasteiger partial charge is 0.387 e. The SMILES string of the molecule is C=C[C@@]1(O)[C@H](O)[C@@H](C(C)OC)O[C@H]1n1cnc2c(N)ncnc21. The Morgan fingerprint density at radius 2 is 2.26 bits per heavy atom. The Kier molecular flexibility index (Phi) is 3.80. The third-order valence-corrected chi connectivity index (χ3v) is 4.27. The zero-order valence-electron chi connectivity index (χ0n) is 12.8. The smallest absolute Gasteiger partial charge is 0.172 e. The molecule has 3 heterocycles. The molecule has 0 aliphatic carbocycles. The van der Waals surface area contributed by atoms with Crippen LogP contribution in [0.4, 0.5) is 5.82 Å². The third-order valence-electron chi connectivity index (χ3n) is 4.27. The summed E-state index contributed by atoms with van der Waals surface area (Å²) in [5.74, 6) is 0.219. The lowest BCUT2D eigenvalue weighted by Gasteiger charge is -2.28. The number of hydrogen-bond donors (Lipinski definition) is 3. The van der Waals surface area contributed by atoms with E-state index in [0.717, 1.165) is 0 Å². The Balaban J connectivity index is 2.09. The predicted molar refractivity (Wildman–Crippen MR) is 81.3 cm³/mol. The van der Waals surface area contributed by atoms with Crippen molar-refractivity contribution in [1.82, 2.24) is 19.5 Å². The minimum atomic E-state index is -1.73. The van der Waals surface area contributed by atoms with E-state index in [1.807, 2.05) is 0 Å². The van der Waals surface area contributed by atoms with Gasteiger partial charge in [-0.1, -0.05) is 12.7 Å². The maximum Gasteiger partial charge on any atom is 0.172 e. The lowest BCUT2D eigenvalue weighted by atomic mass is 9.92. The molecule has 3 rings (SSSR count). The fourth-order valence-corrected chi connectivity index (χ4v) is 2.79. The molecule has 0 saturated carbocycles. The molecule has 0 amide bonds. The van der Waals surface area contributed by atoms with Gasteiger partial charge in [-0.3, -0.25) is 4.57 Å². The molecule has 9 heteroatoms. The van der Waals surface area contributed by atoms with Crippen molar-refractivity contribution in [2.24, 2.45) is 0 Å². The molecular weight excluding hydrogens is 302 g/mol. The van der Waals surface area contributed by atoms with E-state index < -0.39 is 30.1 Å². The minimum absolute atomic E-state index is 0.219. The van der Waals surface area contributed by atoms with Crippen molar-refractivity contribution in [2.75, 3.05) is 12.8 Å². The average Bonchev–Trinajstić information content (AvgIpc) is 3.09. The molecule has 4 N–H and O–H groups in total. The van der Waals surface area contributed by atoms with Crippen LogP contribution in [0.25, 0.3) is 11.2 Å². The minimum Gasteiger partial charge on any atom is -0.387 e. The predicted octanol–water partition coefficient (Wildman–Crippen LogP) is -0.381. The third kappa shape index (κ3) is 2.20. The quantitative estimate of drug-likeness (QED) is 0.650. The van der Waals surface area contributed by atoms with Gasteiger partial charge in [-0.15, -0.1) is 0 Å². The highest BCUT2D eigenvalue weighted by molar-refractivity contribution is 5.81. The van der Waals surface area contributed by atoms with Gasteiger partial charge >= 0.3 is 0 Å². The van der Waals surface area contributed by atoms with Crippen LogP contribution in [0.3, 0.4) is 0 Å². The summed E-state index contributed by atoms with van der Waals surface area (Å²) in [4.78, 5) is 12.2. The molecular formula is C14H19N5O4. The second-order valence-corrected chi connectivity index (χ2v) is 5.51. The number of fused-ring (bicyclic) bond motifs is 1. The van der Waals surface area contributed by atoms with Crippen LogP contribution in [0, 0.1) is 0 Å². The van der Waals surface area contributed by atoms with E-state index in [0.29, 0.717) is 11.2 Å². The highest BCUT2D eigenvalue weighted by Gasteiger charge is 2.56. The summed E-state index contributed by atoms with van der Waals surface area (Å²) in [5.41, 5.74) is 4.82. The Morgan fingerprint density at radius 3 is 2.91 bits per heavy atom. The van der Waals surface area contributed by atoms with Crippen LogP contribution in [0.5, 0.6) is 0 Å². The van der Waals surface area contributed by atoms with Gasteiger partial charge in [0.2, 0.25) is 0 Å². The molecule has 0 radical (unpaired) electrons. The number of imidazole rings is 1. The Labute approximate surface area is 132 Å². The number of ether oxygens (including phenoxy) is 2. The fourth-order valence-electron chi connectivity index (χ4n) is 2.79. The molecule has 124 valence electrons. The van der Waals surface area contributed by atoms with Gasteiger partial charge in [-0.25, -0.2) is 15.0 Å². The van der Waals surface area contributed by atoms with E-state index in [9.17, 15) is 10.2 Å². The molecule has 1 aliphatic rings. The number of aliphatic hydroxyl groups excluding tert-OH is 1. The number of nitrogen functional groups attached to an aromatic ring is 1. The maximum atomic E-state index is 10.9.